The average molecular weight is 1150 g/mol. The van der Waals surface area contributed by atoms with Crippen LogP contribution in [0, 0.1) is 18.2 Å². The molecule has 0 spiro atoms. The first-order chi connectivity index (χ1) is 39.1. The summed E-state index contributed by atoms with van der Waals surface area (Å²) in [7, 11) is 0. The van der Waals surface area contributed by atoms with Crippen LogP contribution in [0.25, 0.3) is 21.3 Å². The number of likely N-dealkylation sites (tertiary alicyclic amines) is 2. The van der Waals surface area contributed by atoms with Crippen molar-refractivity contribution in [1.82, 2.24) is 50.4 Å². The smallest absolute Gasteiger partial charge is 0.248 e. The minimum atomic E-state index is -0.873. The Morgan fingerprint density at radius 1 is 0.938 bits per heavy atom. The summed E-state index contributed by atoms with van der Waals surface area (Å²) in [4.78, 5) is 72.2. The lowest BCUT2D eigenvalue weighted by Crippen LogP contribution is -2.57. The highest BCUT2D eigenvalue weighted by Gasteiger charge is 2.44. The number of fused-ring (bicyclic) bond motifs is 1. The third kappa shape index (κ3) is 17.6. The zero-order valence-corrected chi connectivity index (χ0v) is 48.5. The summed E-state index contributed by atoms with van der Waals surface area (Å²) in [6.45, 7) is 11.8. The van der Waals surface area contributed by atoms with E-state index >= 15 is 0 Å². The van der Waals surface area contributed by atoms with Gasteiger partial charge in [0.2, 0.25) is 23.6 Å². The van der Waals surface area contributed by atoms with E-state index in [1.54, 1.807) is 35.6 Å². The van der Waals surface area contributed by atoms with E-state index in [4.69, 9.17) is 16.3 Å². The molecular weight excluding hydrogens is 1070 g/mol. The molecule has 6 aromatic rings. The van der Waals surface area contributed by atoms with Gasteiger partial charge < -0.3 is 36.0 Å². The van der Waals surface area contributed by atoms with Crippen molar-refractivity contribution in [3.63, 3.8) is 0 Å². The maximum Gasteiger partial charge on any atom is 0.248 e. The quantitative estimate of drug-likeness (QED) is 0.0240. The number of benzene rings is 3. The van der Waals surface area contributed by atoms with Crippen molar-refractivity contribution in [2.24, 2.45) is 5.41 Å². The molecule has 3 aromatic carbocycles. The minimum absolute atomic E-state index is 0.0185. The van der Waals surface area contributed by atoms with Crippen LogP contribution in [0.1, 0.15) is 121 Å². The molecule has 0 bridgehead atoms. The number of β-amino-alcohol motifs (C(OH)–C–C–N with tert-alkyl or cyclic N) is 1. The third-order valence-electron chi connectivity index (χ3n) is 14.7. The van der Waals surface area contributed by atoms with Gasteiger partial charge >= 0.3 is 0 Å². The lowest BCUT2D eigenvalue weighted by Gasteiger charge is -2.35. The van der Waals surface area contributed by atoms with Gasteiger partial charge in [0.15, 0.2) is 0 Å². The second kappa shape index (κ2) is 29.2. The number of rotatable bonds is 27. The van der Waals surface area contributed by atoms with E-state index in [-0.39, 0.29) is 54.6 Å². The van der Waals surface area contributed by atoms with Crippen LogP contribution in [-0.2, 0) is 38.7 Å². The SMILES string of the molecule is Cc1ncsc1-c1ccc(CNC(=O)[C@@H]2C[C@@H](O)CN2C(=O)[C@@H](NC(=O)CCCCCCCn2cc(CCCCCOc3cc4ncnc(Nc5ccc(F)c(Cl)c5)c4cc3NC(=O)/C=C/CN3CCCCC3)nn2)C(C)(C)C)cc1. The molecule has 0 radical (unpaired) electrons. The fourth-order valence-corrected chi connectivity index (χ4v) is 11.2. The van der Waals surface area contributed by atoms with Gasteiger partial charge in [-0.2, -0.15) is 0 Å². The number of hydrogen-bond donors (Lipinski definition) is 5. The summed E-state index contributed by atoms with van der Waals surface area (Å²) in [5.74, 6) is -0.801. The molecule has 5 N–H and O–H groups in total. The van der Waals surface area contributed by atoms with Crippen molar-refractivity contribution in [3.05, 3.63) is 113 Å². The number of thiazole rings is 1. The Morgan fingerprint density at radius 3 is 2.48 bits per heavy atom. The van der Waals surface area contributed by atoms with E-state index in [2.05, 4.69) is 51.4 Å². The van der Waals surface area contributed by atoms with Gasteiger partial charge in [0.05, 0.1) is 50.7 Å². The van der Waals surface area contributed by atoms with E-state index in [0.29, 0.717) is 53.4 Å². The van der Waals surface area contributed by atoms with Crippen LogP contribution in [0.4, 0.5) is 21.6 Å². The monoisotopic (exact) mass is 1150 g/mol. The van der Waals surface area contributed by atoms with E-state index in [9.17, 15) is 28.7 Å². The molecule has 21 heteroatoms. The fourth-order valence-electron chi connectivity index (χ4n) is 10.2. The number of hydrogen-bond acceptors (Lipinski definition) is 14. The number of nitrogens with zero attached hydrogens (tertiary/aromatic N) is 8. The molecule has 432 valence electrons. The lowest BCUT2D eigenvalue weighted by molar-refractivity contribution is -0.144. The molecule has 0 unspecified atom stereocenters. The normalized spacial score (nSPS) is 16.2. The molecule has 3 aromatic heterocycles. The highest BCUT2D eigenvalue weighted by molar-refractivity contribution is 7.13. The zero-order valence-electron chi connectivity index (χ0n) is 46.9. The van der Waals surface area contributed by atoms with Gasteiger partial charge in [0.1, 0.15) is 35.8 Å². The molecule has 2 aliphatic rings. The van der Waals surface area contributed by atoms with Crippen molar-refractivity contribution < 1.29 is 33.4 Å². The Bertz CT molecular complexity index is 3100. The van der Waals surface area contributed by atoms with Gasteiger partial charge in [0.25, 0.3) is 0 Å². The number of aliphatic hydroxyl groups excluding tert-OH is 1. The van der Waals surface area contributed by atoms with Gasteiger partial charge in [-0.25, -0.2) is 19.3 Å². The predicted molar refractivity (Wildman–Crippen MR) is 315 cm³/mol. The lowest BCUT2D eigenvalue weighted by atomic mass is 9.85. The number of aromatic nitrogens is 6. The summed E-state index contributed by atoms with van der Waals surface area (Å²) in [5.41, 5.74) is 6.65. The first-order valence-electron chi connectivity index (χ1n) is 28.4. The largest absolute Gasteiger partial charge is 0.491 e. The van der Waals surface area contributed by atoms with Crippen molar-refractivity contribution in [3.8, 4) is 16.2 Å². The standard InChI is InChI=1S/C60H76ClFN12O6S/c1-40-55(81-39-66-40)42-22-20-41(21-23-42)35-63-58(78)51-32-45(75)37-74(51)59(79)56(60(2,3)4)69-54(77)18-11-6-5-7-14-29-73-36-44(70-71-73)17-10-8-15-30-80-52-34-49-46(57(65-38-64-49)67-43-24-25-48(62)47(61)31-43)33-50(52)68-53(76)19-16-28-72-26-12-9-13-27-72/h16,19-25,31,33-34,36,38-39,45,51,56,75H,5-15,17-18,26-30,32,35,37H2,1-4H3,(H,63,78)(H,68,76)(H,69,77)(H,64,65,67)/b19-16+/t45-,51+,56-/m1/s1. The average Bonchev–Trinajstić information content (AvgIpc) is 4.28. The maximum absolute atomic E-state index is 14.1. The Balaban J connectivity index is 0.728. The molecule has 4 amide bonds. The van der Waals surface area contributed by atoms with Crippen LogP contribution >= 0.6 is 22.9 Å². The second-order valence-corrected chi connectivity index (χ2v) is 23.5. The number of unbranched alkanes of at least 4 members (excludes halogenated alkanes) is 6. The van der Waals surface area contributed by atoms with Gasteiger partial charge in [-0.05, 0) is 112 Å². The molecule has 81 heavy (non-hydrogen) atoms. The van der Waals surface area contributed by atoms with Gasteiger partial charge in [-0.3, -0.25) is 28.8 Å². The fraction of sp³-hybridized carbons (Fsp3) is 0.483. The number of halogens is 2. The topological polar surface area (TPSA) is 222 Å². The second-order valence-electron chi connectivity index (χ2n) is 22.2. The van der Waals surface area contributed by atoms with Crippen LogP contribution in [0.2, 0.25) is 5.02 Å². The molecular formula is C60H76ClFN12O6S. The molecule has 0 aliphatic carbocycles. The maximum atomic E-state index is 14.1. The highest BCUT2D eigenvalue weighted by atomic mass is 35.5. The number of carbonyl (C=O) groups excluding carboxylic acids is 4. The number of anilines is 3. The number of ether oxygens (including phenoxy) is 1. The summed E-state index contributed by atoms with van der Waals surface area (Å²) < 4.78 is 22.1. The summed E-state index contributed by atoms with van der Waals surface area (Å²) in [6.07, 6.45) is 17.7. The van der Waals surface area contributed by atoms with Crippen LogP contribution in [0.15, 0.2) is 84.8 Å². The van der Waals surface area contributed by atoms with E-state index in [1.165, 1.54) is 42.6 Å². The molecule has 18 nitrogen and oxygen atoms in total. The van der Waals surface area contributed by atoms with Crippen molar-refractivity contribution in [2.75, 3.05) is 43.4 Å². The number of carbonyl (C=O) groups is 4. The van der Waals surface area contributed by atoms with Crippen LogP contribution < -0.4 is 26.0 Å². The zero-order chi connectivity index (χ0) is 57.3. The number of aliphatic hydroxyl groups is 1. The Hall–Kier alpha value is -6.87. The van der Waals surface area contributed by atoms with Crippen LogP contribution in [0.3, 0.4) is 0 Å². The Labute approximate surface area is 482 Å². The Kier molecular flexibility index (Phi) is 21.7. The number of piperidine rings is 1. The molecule has 2 saturated heterocycles. The number of amides is 4. The van der Waals surface area contributed by atoms with Gasteiger partial charge in [-0.1, -0.05) is 93.6 Å². The first kappa shape index (κ1) is 60.2. The number of nitrogens with one attached hydrogen (secondary N) is 4. The van der Waals surface area contributed by atoms with E-state index in [1.807, 2.05) is 74.4 Å². The van der Waals surface area contributed by atoms with Crippen molar-refractivity contribution in [1.29, 1.82) is 0 Å². The van der Waals surface area contributed by atoms with Gasteiger partial charge in [-0.15, -0.1) is 16.4 Å². The number of aryl methyl sites for hydroxylation is 3. The summed E-state index contributed by atoms with van der Waals surface area (Å²) in [5, 5.41) is 32.1. The molecule has 2 fully saturated rings. The predicted octanol–water partition coefficient (Wildman–Crippen LogP) is 10.1. The van der Waals surface area contributed by atoms with Crippen molar-refractivity contribution in [2.45, 2.75) is 149 Å². The highest BCUT2D eigenvalue weighted by Crippen LogP contribution is 2.35. The molecule has 3 atom stereocenters. The minimum Gasteiger partial charge on any atom is -0.491 e. The van der Waals surface area contributed by atoms with Crippen LogP contribution in [-0.4, -0.2) is 119 Å². The summed E-state index contributed by atoms with van der Waals surface area (Å²) in [6, 6.07) is 14.1. The molecule has 5 heterocycles. The van der Waals surface area contributed by atoms with Gasteiger partial charge in [0, 0.05) is 68.4 Å². The van der Waals surface area contributed by atoms with Crippen LogP contribution in [0.5, 0.6) is 5.75 Å². The van der Waals surface area contributed by atoms with E-state index in [0.717, 1.165) is 98.4 Å². The first-order valence-corrected chi connectivity index (χ1v) is 29.6. The molecule has 8 rings (SSSR count). The molecule has 0 saturated carbocycles. The third-order valence-corrected chi connectivity index (χ3v) is 15.9. The van der Waals surface area contributed by atoms with Crippen molar-refractivity contribution >= 4 is 74.7 Å². The summed E-state index contributed by atoms with van der Waals surface area (Å²) >= 11 is 7.63. The molecule has 2 aliphatic heterocycles. The Morgan fingerprint density at radius 2 is 1.72 bits per heavy atom. The van der Waals surface area contributed by atoms with E-state index < -0.39 is 29.4 Å².